The number of hydrogen-bond donors (Lipinski definition) is 2. The summed E-state index contributed by atoms with van der Waals surface area (Å²) in [5, 5.41) is 6.41. The third kappa shape index (κ3) is 4.10. The molecule has 2 N–H and O–H groups in total. The molecule has 1 aromatic carbocycles. The molecule has 0 fully saturated rings. The van der Waals surface area contributed by atoms with Crippen molar-refractivity contribution in [2.75, 3.05) is 12.4 Å². The first kappa shape index (κ1) is 17.7. The SMILES string of the molecule is CNC(=O)c1c(NC(=O)CCc2ccccc2)sc2c1CC[C@@H](C)C2. The monoisotopic (exact) mass is 356 g/mol. The van der Waals surface area contributed by atoms with Gasteiger partial charge in [-0.1, -0.05) is 37.3 Å². The Balaban J connectivity index is 1.75. The highest BCUT2D eigenvalue weighted by Gasteiger charge is 2.27. The van der Waals surface area contributed by atoms with Crippen LogP contribution in [0.15, 0.2) is 30.3 Å². The first-order valence-electron chi connectivity index (χ1n) is 8.79. The van der Waals surface area contributed by atoms with Gasteiger partial charge >= 0.3 is 0 Å². The molecule has 0 spiro atoms. The lowest BCUT2D eigenvalue weighted by Crippen LogP contribution is -2.22. The standard InChI is InChI=1S/C20H24N2O2S/c1-13-8-10-15-16(12-13)25-20(18(15)19(24)21-2)22-17(23)11-9-14-6-4-3-5-7-14/h3-7,13H,8-12H2,1-2H3,(H,21,24)(H,22,23)/t13-/m1/s1. The van der Waals surface area contributed by atoms with E-state index in [0.29, 0.717) is 29.3 Å². The molecule has 0 saturated carbocycles. The fourth-order valence-electron chi connectivity index (χ4n) is 3.30. The molecule has 5 heteroatoms. The van der Waals surface area contributed by atoms with Gasteiger partial charge in [-0.05, 0) is 42.7 Å². The van der Waals surface area contributed by atoms with E-state index in [-0.39, 0.29) is 11.8 Å². The number of carbonyl (C=O) groups is 2. The van der Waals surface area contributed by atoms with Gasteiger partial charge in [-0.2, -0.15) is 0 Å². The van der Waals surface area contributed by atoms with E-state index in [1.54, 1.807) is 18.4 Å². The quantitative estimate of drug-likeness (QED) is 0.856. The normalized spacial score (nSPS) is 16.2. The highest BCUT2D eigenvalue weighted by molar-refractivity contribution is 7.17. The molecule has 0 unspecified atom stereocenters. The van der Waals surface area contributed by atoms with Crippen LogP contribution in [0.25, 0.3) is 0 Å². The molecule has 1 aromatic heterocycles. The number of aryl methyl sites for hydroxylation is 1. The number of hydrogen-bond acceptors (Lipinski definition) is 3. The molecule has 1 aliphatic carbocycles. The lowest BCUT2D eigenvalue weighted by atomic mass is 9.88. The van der Waals surface area contributed by atoms with E-state index in [2.05, 4.69) is 17.6 Å². The zero-order valence-electron chi connectivity index (χ0n) is 14.7. The molecule has 25 heavy (non-hydrogen) atoms. The Morgan fingerprint density at radius 2 is 2.00 bits per heavy atom. The Morgan fingerprint density at radius 1 is 1.24 bits per heavy atom. The van der Waals surface area contributed by atoms with Crippen LogP contribution in [-0.4, -0.2) is 18.9 Å². The number of anilines is 1. The summed E-state index contributed by atoms with van der Waals surface area (Å²) in [6.07, 6.45) is 4.11. The van der Waals surface area contributed by atoms with Crippen LogP contribution in [0.2, 0.25) is 0 Å². The molecule has 3 rings (SSSR count). The minimum absolute atomic E-state index is 0.0411. The lowest BCUT2D eigenvalue weighted by molar-refractivity contribution is -0.116. The Kier molecular flexibility index (Phi) is 5.53. The van der Waals surface area contributed by atoms with Gasteiger partial charge in [0.25, 0.3) is 5.91 Å². The Labute approximate surface area is 152 Å². The molecule has 2 aromatic rings. The molecule has 0 aliphatic heterocycles. The molecule has 2 amide bonds. The van der Waals surface area contributed by atoms with Crippen molar-refractivity contribution in [3.8, 4) is 0 Å². The van der Waals surface area contributed by atoms with Crippen LogP contribution in [0, 0.1) is 5.92 Å². The molecule has 4 nitrogen and oxygen atoms in total. The second kappa shape index (κ2) is 7.83. The first-order valence-corrected chi connectivity index (χ1v) is 9.60. The lowest BCUT2D eigenvalue weighted by Gasteiger charge is -2.18. The van der Waals surface area contributed by atoms with Crippen LogP contribution in [0.5, 0.6) is 0 Å². The van der Waals surface area contributed by atoms with E-state index in [9.17, 15) is 9.59 Å². The van der Waals surface area contributed by atoms with Crippen LogP contribution < -0.4 is 10.6 Å². The van der Waals surface area contributed by atoms with Crippen LogP contribution >= 0.6 is 11.3 Å². The topological polar surface area (TPSA) is 58.2 Å². The summed E-state index contributed by atoms with van der Waals surface area (Å²) in [5.41, 5.74) is 2.94. The zero-order chi connectivity index (χ0) is 17.8. The second-order valence-corrected chi connectivity index (χ2v) is 7.77. The summed E-state index contributed by atoms with van der Waals surface area (Å²) in [6.45, 7) is 2.24. The first-order chi connectivity index (χ1) is 12.1. The third-order valence-corrected chi connectivity index (χ3v) is 5.87. The number of nitrogens with one attached hydrogen (secondary N) is 2. The van der Waals surface area contributed by atoms with E-state index in [1.807, 2.05) is 30.3 Å². The van der Waals surface area contributed by atoms with Gasteiger partial charge in [-0.25, -0.2) is 0 Å². The van der Waals surface area contributed by atoms with Crippen molar-refractivity contribution in [2.45, 2.75) is 39.0 Å². The molecular weight excluding hydrogens is 332 g/mol. The van der Waals surface area contributed by atoms with Crippen molar-refractivity contribution in [3.05, 3.63) is 51.9 Å². The van der Waals surface area contributed by atoms with Gasteiger partial charge in [-0.15, -0.1) is 11.3 Å². The van der Waals surface area contributed by atoms with Crippen molar-refractivity contribution in [3.63, 3.8) is 0 Å². The number of benzene rings is 1. The van der Waals surface area contributed by atoms with Crippen molar-refractivity contribution in [2.24, 2.45) is 5.92 Å². The molecule has 1 heterocycles. The highest BCUT2D eigenvalue weighted by Crippen LogP contribution is 2.39. The number of carbonyl (C=O) groups excluding carboxylic acids is 2. The number of amides is 2. The number of fused-ring (bicyclic) bond motifs is 1. The van der Waals surface area contributed by atoms with Crippen molar-refractivity contribution >= 4 is 28.2 Å². The van der Waals surface area contributed by atoms with E-state index in [4.69, 9.17) is 0 Å². The van der Waals surface area contributed by atoms with E-state index in [1.165, 1.54) is 4.88 Å². The fourth-order valence-corrected chi connectivity index (χ4v) is 4.72. The molecule has 0 radical (unpaired) electrons. The van der Waals surface area contributed by atoms with Gasteiger partial charge in [0.1, 0.15) is 5.00 Å². The Bertz CT molecular complexity index is 768. The molecule has 1 aliphatic rings. The van der Waals surface area contributed by atoms with Gasteiger partial charge in [0, 0.05) is 18.3 Å². The summed E-state index contributed by atoms with van der Waals surface area (Å²) in [7, 11) is 1.64. The summed E-state index contributed by atoms with van der Waals surface area (Å²) < 4.78 is 0. The van der Waals surface area contributed by atoms with Gasteiger partial charge < -0.3 is 10.6 Å². The highest BCUT2D eigenvalue weighted by atomic mass is 32.1. The maximum absolute atomic E-state index is 12.4. The van der Waals surface area contributed by atoms with Gasteiger partial charge in [0.2, 0.25) is 5.91 Å². The van der Waals surface area contributed by atoms with Crippen LogP contribution in [0.4, 0.5) is 5.00 Å². The summed E-state index contributed by atoms with van der Waals surface area (Å²) in [4.78, 5) is 26.0. The van der Waals surface area contributed by atoms with Gasteiger partial charge in [0.15, 0.2) is 0 Å². The molecular formula is C20H24N2O2S. The number of thiophene rings is 1. The second-order valence-electron chi connectivity index (χ2n) is 6.67. The third-order valence-electron chi connectivity index (χ3n) is 4.70. The molecule has 132 valence electrons. The van der Waals surface area contributed by atoms with E-state index >= 15 is 0 Å². The van der Waals surface area contributed by atoms with Crippen molar-refractivity contribution < 1.29 is 9.59 Å². The summed E-state index contributed by atoms with van der Waals surface area (Å²) in [5.74, 6) is 0.483. The van der Waals surface area contributed by atoms with Crippen LogP contribution in [0.1, 0.15) is 46.1 Å². The molecule has 0 bridgehead atoms. The smallest absolute Gasteiger partial charge is 0.254 e. The predicted octanol–water partition coefficient (Wildman–Crippen LogP) is 3.80. The largest absolute Gasteiger partial charge is 0.355 e. The molecule has 0 saturated heterocycles. The minimum atomic E-state index is -0.106. The maximum atomic E-state index is 12.4. The zero-order valence-corrected chi connectivity index (χ0v) is 15.5. The molecule has 1 atom stereocenters. The van der Waals surface area contributed by atoms with Gasteiger partial charge in [0.05, 0.1) is 5.56 Å². The minimum Gasteiger partial charge on any atom is -0.355 e. The Morgan fingerprint density at radius 3 is 2.72 bits per heavy atom. The summed E-state index contributed by atoms with van der Waals surface area (Å²) in [6, 6.07) is 9.97. The average Bonchev–Trinajstić information content (AvgIpc) is 2.97. The average molecular weight is 356 g/mol. The van der Waals surface area contributed by atoms with Crippen LogP contribution in [0.3, 0.4) is 0 Å². The Hall–Kier alpha value is -2.14. The van der Waals surface area contributed by atoms with E-state index in [0.717, 1.165) is 30.4 Å². The van der Waals surface area contributed by atoms with Crippen molar-refractivity contribution in [1.82, 2.24) is 5.32 Å². The van der Waals surface area contributed by atoms with Crippen molar-refractivity contribution in [1.29, 1.82) is 0 Å². The maximum Gasteiger partial charge on any atom is 0.254 e. The van der Waals surface area contributed by atoms with Gasteiger partial charge in [-0.3, -0.25) is 9.59 Å². The predicted molar refractivity (Wildman–Crippen MR) is 102 cm³/mol. The van der Waals surface area contributed by atoms with Crippen LogP contribution in [-0.2, 0) is 24.1 Å². The van der Waals surface area contributed by atoms with E-state index < -0.39 is 0 Å². The fraction of sp³-hybridized carbons (Fsp3) is 0.400. The number of rotatable bonds is 5. The summed E-state index contributed by atoms with van der Waals surface area (Å²) >= 11 is 1.57.